The number of methoxy groups -OCH3 is 2. The highest BCUT2D eigenvalue weighted by atomic mass is 35.5. The van der Waals surface area contributed by atoms with Gasteiger partial charge in [0.15, 0.2) is 17.2 Å². The minimum absolute atomic E-state index is 0.562. The number of hydrogen-bond acceptors (Lipinski definition) is 2. The van der Waals surface area contributed by atoms with Crippen molar-refractivity contribution in [3.8, 4) is 11.5 Å². The molecule has 3 nitrogen and oxygen atoms in total. The van der Waals surface area contributed by atoms with E-state index in [0.29, 0.717) is 22.2 Å². The molecule has 0 heterocycles. The van der Waals surface area contributed by atoms with Crippen LogP contribution in [-0.4, -0.2) is 14.2 Å². The van der Waals surface area contributed by atoms with Crippen LogP contribution >= 0.6 is 11.6 Å². The van der Waals surface area contributed by atoms with Crippen molar-refractivity contribution in [1.29, 1.82) is 0 Å². The molecule has 2 aromatic rings. The first kappa shape index (κ1) is 15.9. The lowest BCUT2D eigenvalue weighted by Crippen LogP contribution is -1.94. The number of ether oxygens (including phenoxy) is 2. The third-order valence-corrected chi connectivity index (χ3v) is 3.59. The van der Waals surface area contributed by atoms with Crippen LogP contribution in [-0.2, 0) is 0 Å². The molecule has 112 valence electrons. The van der Waals surface area contributed by atoms with Crippen LogP contribution in [0.15, 0.2) is 42.5 Å². The summed E-state index contributed by atoms with van der Waals surface area (Å²) in [4.78, 5) is 3.58. The van der Waals surface area contributed by atoms with Gasteiger partial charge in [0.2, 0.25) is 0 Å². The molecule has 0 aliphatic carbocycles. The fraction of sp³-hybridized carbons (Fsp3) is 0.167. The lowest BCUT2D eigenvalue weighted by atomic mass is 9.96. The van der Waals surface area contributed by atoms with E-state index in [2.05, 4.69) is 4.85 Å². The molecule has 22 heavy (non-hydrogen) atoms. The Hall–Kier alpha value is -2.44. The van der Waals surface area contributed by atoms with E-state index in [4.69, 9.17) is 27.6 Å². The number of nitrogens with zero attached hydrogens (tertiary/aromatic N) is 1. The zero-order chi connectivity index (χ0) is 16.1. The quantitative estimate of drug-likeness (QED) is 0.709. The van der Waals surface area contributed by atoms with Crippen LogP contribution in [0.5, 0.6) is 11.5 Å². The summed E-state index contributed by atoms with van der Waals surface area (Å²) in [5.74, 6) is 1.31. The second kappa shape index (κ2) is 7.02. The number of allylic oxidation sites excluding steroid dienone is 1. The van der Waals surface area contributed by atoms with Crippen LogP contribution in [0.1, 0.15) is 18.1 Å². The summed E-state index contributed by atoms with van der Waals surface area (Å²) >= 11 is 6.09. The maximum atomic E-state index is 7.34. The Labute approximate surface area is 135 Å². The number of rotatable bonds is 4. The standard InChI is InChI=1S/C18H16ClNO2/c1-5-14(15-11-13(19)7-8-16(15)20-2)12-6-9-17(21-3)18(10-12)22-4/h5-11H,1,3-4H3/b14-5+. The molecule has 0 amide bonds. The van der Waals surface area contributed by atoms with Gasteiger partial charge >= 0.3 is 0 Å². The van der Waals surface area contributed by atoms with Crippen molar-refractivity contribution in [2.24, 2.45) is 0 Å². The van der Waals surface area contributed by atoms with E-state index in [-0.39, 0.29) is 0 Å². The molecule has 0 aliphatic rings. The molecule has 0 unspecified atom stereocenters. The Kier molecular flexibility index (Phi) is 5.08. The van der Waals surface area contributed by atoms with Gasteiger partial charge in [0.05, 0.1) is 20.8 Å². The summed E-state index contributed by atoms with van der Waals surface area (Å²) in [6, 6.07) is 10.9. The predicted molar refractivity (Wildman–Crippen MR) is 90.0 cm³/mol. The summed E-state index contributed by atoms with van der Waals surface area (Å²) in [7, 11) is 3.20. The molecular formula is C18H16ClNO2. The van der Waals surface area contributed by atoms with E-state index in [0.717, 1.165) is 16.7 Å². The van der Waals surface area contributed by atoms with Crippen molar-refractivity contribution >= 4 is 22.9 Å². The van der Waals surface area contributed by atoms with E-state index in [1.807, 2.05) is 31.2 Å². The molecular weight excluding hydrogens is 298 g/mol. The first-order valence-corrected chi connectivity index (χ1v) is 7.08. The van der Waals surface area contributed by atoms with Gasteiger partial charge in [-0.05, 0) is 41.8 Å². The maximum Gasteiger partial charge on any atom is 0.195 e. The summed E-state index contributed by atoms with van der Waals surface area (Å²) in [5.41, 5.74) is 3.23. The van der Waals surface area contributed by atoms with Crippen LogP contribution in [0.25, 0.3) is 10.4 Å². The SMILES string of the molecule is [C-]#[N+]c1ccc(Cl)cc1/C(=C/C)c1ccc(OC)c(OC)c1. The molecule has 0 saturated heterocycles. The smallest absolute Gasteiger partial charge is 0.195 e. The molecule has 0 spiro atoms. The van der Waals surface area contributed by atoms with Crippen LogP contribution in [0, 0.1) is 6.57 Å². The van der Waals surface area contributed by atoms with Gasteiger partial charge in [-0.2, -0.15) is 0 Å². The minimum atomic E-state index is 0.562. The Morgan fingerprint density at radius 3 is 2.41 bits per heavy atom. The molecule has 0 aliphatic heterocycles. The molecule has 2 rings (SSSR count). The first-order chi connectivity index (χ1) is 10.6. The normalized spacial score (nSPS) is 11.0. The Bertz CT molecular complexity index is 760. The average Bonchev–Trinajstić information content (AvgIpc) is 2.55. The second-order valence-corrected chi connectivity index (χ2v) is 4.98. The lowest BCUT2D eigenvalue weighted by Gasteiger charge is -2.14. The second-order valence-electron chi connectivity index (χ2n) is 4.55. The molecule has 0 saturated carbocycles. The van der Waals surface area contributed by atoms with Gasteiger partial charge in [0.25, 0.3) is 0 Å². The van der Waals surface area contributed by atoms with E-state index < -0.39 is 0 Å². The highest BCUT2D eigenvalue weighted by Crippen LogP contribution is 2.37. The molecule has 0 aromatic heterocycles. The van der Waals surface area contributed by atoms with Crippen molar-refractivity contribution in [2.45, 2.75) is 6.92 Å². The molecule has 4 heteroatoms. The third kappa shape index (κ3) is 3.08. The van der Waals surface area contributed by atoms with E-state index in [1.54, 1.807) is 32.4 Å². The van der Waals surface area contributed by atoms with Crippen molar-refractivity contribution < 1.29 is 9.47 Å². The van der Waals surface area contributed by atoms with E-state index in [1.165, 1.54) is 0 Å². The fourth-order valence-corrected chi connectivity index (χ4v) is 2.48. The number of benzene rings is 2. The van der Waals surface area contributed by atoms with Gasteiger partial charge in [-0.25, -0.2) is 4.85 Å². The predicted octanol–water partition coefficient (Wildman–Crippen LogP) is 5.36. The molecule has 0 bridgehead atoms. The summed E-state index contributed by atoms with van der Waals surface area (Å²) < 4.78 is 10.6. The van der Waals surface area contributed by atoms with Crippen molar-refractivity contribution in [3.63, 3.8) is 0 Å². The number of halogens is 1. The molecule has 0 radical (unpaired) electrons. The van der Waals surface area contributed by atoms with Crippen molar-refractivity contribution in [1.82, 2.24) is 0 Å². The Morgan fingerprint density at radius 1 is 1.09 bits per heavy atom. The van der Waals surface area contributed by atoms with Crippen molar-refractivity contribution in [2.75, 3.05) is 14.2 Å². The van der Waals surface area contributed by atoms with Gasteiger partial charge in [-0.1, -0.05) is 35.9 Å². The Morgan fingerprint density at radius 2 is 1.82 bits per heavy atom. The molecule has 2 aromatic carbocycles. The molecule has 0 N–H and O–H groups in total. The van der Waals surface area contributed by atoms with Gasteiger partial charge in [-0.15, -0.1) is 0 Å². The van der Waals surface area contributed by atoms with Crippen LogP contribution < -0.4 is 9.47 Å². The molecule has 0 fully saturated rings. The van der Waals surface area contributed by atoms with E-state index in [9.17, 15) is 0 Å². The fourth-order valence-electron chi connectivity index (χ4n) is 2.30. The highest BCUT2D eigenvalue weighted by molar-refractivity contribution is 6.31. The van der Waals surface area contributed by atoms with Crippen molar-refractivity contribution in [3.05, 3.63) is 70.0 Å². The largest absolute Gasteiger partial charge is 0.493 e. The highest BCUT2D eigenvalue weighted by Gasteiger charge is 2.13. The van der Waals surface area contributed by atoms with E-state index >= 15 is 0 Å². The topological polar surface area (TPSA) is 22.8 Å². The summed E-state index contributed by atoms with van der Waals surface area (Å²) in [5, 5.41) is 0.599. The van der Waals surface area contributed by atoms with Crippen LogP contribution in [0.2, 0.25) is 5.02 Å². The summed E-state index contributed by atoms with van der Waals surface area (Å²) in [6.45, 7) is 9.27. The van der Waals surface area contributed by atoms with Gasteiger partial charge < -0.3 is 9.47 Å². The zero-order valence-electron chi connectivity index (χ0n) is 12.7. The summed E-state index contributed by atoms with van der Waals surface area (Å²) in [6.07, 6.45) is 1.96. The Balaban J connectivity index is 2.60. The zero-order valence-corrected chi connectivity index (χ0v) is 13.4. The number of hydrogen-bond donors (Lipinski definition) is 0. The van der Waals surface area contributed by atoms with Gasteiger partial charge in [-0.3, -0.25) is 0 Å². The molecule has 0 atom stereocenters. The maximum absolute atomic E-state index is 7.34. The first-order valence-electron chi connectivity index (χ1n) is 6.70. The van der Waals surface area contributed by atoms with Crippen LogP contribution in [0.3, 0.4) is 0 Å². The van der Waals surface area contributed by atoms with Gasteiger partial charge in [0, 0.05) is 5.02 Å². The van der Waals surface area contributed by atoms with Crippen LogP contribution in [0.4, 0.5) is 5.69 Å². The van der Waals surface area contributed by atoms with Gasteiger partial charge in [0.1, 0.15) is 0 Å². The lowest BCUT2D eigenvalue weighted by molar-refractivity contribution is 0.355. The third-order valence-electron chi connectivity index (χ3n) is 3.35. The average molecular weight is 314 g/mol. The monoisotopic (exact) mass is 313 g/mol. The minimum Gasteiger partial charge on any atom is -0.493 e.